The summed E-state index contributed by atoms with van der Waals surface area (Å²) in [5, 5.41) is 0. The van der Waals surface area contributed by atoms with Crippen molar-refractivity contribution in [2.45, 2.75) is 26.2 Å². The minimum absolute atomic E-state index is 0. The lowest BCUT2D eigenvalue weighted by atomic mass is 9.86. The molecule has 0 atom stereocenters. The molecule has 144 valence electrons. The molecule has 0 fully saturated rings. The fraction of sp³-hybridized carbons (Fsp3) is 0.190. The lowest BCUT2D eigenvalue weighted by molar-refractivity contribution is 0.590. The topological polar surface area (TPSA) is 90.7 Å². The highest BCUT2D eigenvalue weighted by atomic mass is 35.5. The van der Waals surface area contributed by atoms with Crippen molar-refractivity contribution in [3.8, 4) is 22.4 Å². The Hall–Kier alpha value is -2.70. The van der Waals surface area contributed by atoms with Crippen LogP contribution in [0.4, 0.5) is 11.8 Å². The fourth-order valence-corrected chi connectivity index (χ4v) is 3.84. The molecule has 28 heavy (non-hydrogen) atoms. The summed E-state index contributed by atoms with van der Waals surface area (Å²) >= 11 is 1.59. The Morgan fingerprint density at radius 2 is 1.57 bits per heavy atom. The molecular weight excluding hydrogens is 390 g/mol. The Labute approximate surface area is 174 Å². The molecule has 7 heteroatoms. The van der Waals surface area contributed by atoms with Crippen molar-refractivity contribution < 1.29 is 0 Å². The monoisotopic (exact) mass is 411 g/mol. The lowest BCUT2D eigenvalue weighted by Crippen LogP contribution is -2.10. The summed E-state index contributed by atoms with van der Waals surface area (Å²) in [5.41, 5.74) is 19.8. The van der Waals surface area contributed by atoms with Crippen molar-refractivity contribution in [3.63, 3.8) is 0 Å². The van der Waals surface area contributed by atoms with Crippen LogP contribution in [0.1, 0.15) is 26.3 Å². The lowest BCUT2D eigenvalue weighted by Gasteiger charge is -2.19. The minimum Gasteiger partial charge on any atom is -0.383 e. The van der Waals surface area contributed by atoms with E-state index in [0.29, 0.717) is 5.82 Å². The zero-order valence-electron chi connectivity index (χ0n) is 15.9. The molecule has 0 aliphatic heterocycles. The molecule has 4 N–H and O–H groups in total. The molecule has 0 aliphatic rings. The Bertz CT molecular complexity index is 1130. The minimum atomic E-state index is 0. The second-order valence-corrected chi connectivity index (χ2v) is 8.44. The van der Waals surface area contributed by atoms with Crippen LogP contribution in [0.15, 0.2) is 48.0 Å². The highest BCUT2D eigenvalue weighted by Crippen LogP contribution is 2.37. The summed E-state index contributed by atoms with van der Waals surface area (Å²) < 4.78 is 1.10. The largest absolute Gasteiger partial charge is 0.383 e. The van der Waals surface area contributed by atoms with Gasteiger partial charge in [0.25, 0.3) is 0 Å². The van der Waals surface area contributed by atoms with E-state index in [4.69, 9.17) is 11.5 Å². The van der Waals surface area contributed by atoms with Gasteiger partial charge < -0.3 is 11.5 Å². The third-order valence-electron chi connectivity index (χ3n) is 4.60. The van der Waals surface area contributed by atoms with Gasteiger partial charge in [-0.1, -0.05) is 51.1 Å². The number of nitrogens with two attached hydrogens (primary N) is 2. The van der Waals surface area contributed by atoms with E-state index in [9.17, 15) is 0 Å². The van der Waals surface area contributed by atoms with Crippen LogP contribution in [0.2, 0.25) is 0 Å². The normalized spacial score (nSPS) is 11.4. The van der Waals surface area contributed by atoms with Gasteiger partial charge in [-0.2, -0.15) is 4.98 Å². The van der Waals surface area contributed by atoms with E-state index >= 15 is 0 Å². The van der Waals surface area contributed by atoms with Crippen molar-refractivity contribution in [2.24, 2.45) is 0 Å². The first-order valence-corrected chi connectivity index (χ1v) is 9.58. The summed E-state index contributed by atoms with van der Waals surface area (Å²) in [5.74, 6) is 0.547. The van der Waals surface area contributed by atoms with Gasteiger partial charge in [0.15, 0.2) is 0 Å². The number of hydrogen-bond donors (Lipinski definition) is 2. The summed E-state index contributed by atoms with van der Waals surface area (Å²) in [6.07, 6.45) is 0. The van der Waals surface area contributed by atoms with E-state index in [1.54, 1.807) is 11.3 Å². The van der Waals surface area contributed by atoms with E-state index in [1.165, 1.54) is 5.56 Å². The van der Waals surface area contributed by atoms with Crippen LogP contribution < -0.4 is 11.5 Å². The number of halogens is 1. The van der Waals surface area contributed by atoms with Gasteiger partial charge >= 0.3 is 0 Å². The fourth-order valence-electron chi connectivity index (χ4n) is 3.13. The molecular formula is C21H22ClN5S. The summed E-state index contributed by atoms with van der Waals surface area (Å²) in [4.78, 5) is 13.0. The number of hydrogen-bond acceptors (Lipinski definition) is 6. The second kappa shape index (κ2) is 7.37. The summed E-state index contributed by atoms with van der Waals surface area (Å²) in [6, 6.07) is 14.4. The van der Waals surface area contributed by atoms with Crippen LogP contribution >= 0.6 is 23.7 Å². The first kappa shape index (κ1) is 20.0. The van der Waals surface area contributed by atoms with Gasteiger partial charge in [-0.3, -0.25) is 0 Å². The smallest absolute Gasteiger partial charge is 0.222 e. The number of nitrogen functional groups attached to an aromatic ring is 2. The molecule has 0 unspecified atom stereocenters. The number of thiazole rings is 1. The van der Waals surface area contributed by atoms with Crippen molar-refractivity contribution >= 4 is 45.7 Å². The van der Waals surface area contributed by atoms with Crippen molar-refractivity contribution in [3.05, 3.63) is 53.5 Å². The van der Waals surface area contributed by atoms with Crippen LogP contribution in [0.25, 0.3) is 32.6 Å². The Morgan fingerprint density at radius 3 is 2.25 bits per heavy atom. The van der Waals surface area contributed by atoms with Gasteiger partial charge in [-0.25, -0.2) is 9.97 Å². The number of aromatic nitrogens is 3. The number of fused-ring (bicyclic) bond motifs is 1. The quantitative estimate of drug-likeness (QED) is 0.466. The first-order chi connectivity index (χ1) is 12.8. The summed E-state index contributed by atoms with van der Waals surface area (Å²) in [6.45, 7) is 6.58. The molecule has 2 aromatic heterocycles. The molecule has 0 saturated heterocycles. The van der Waals surface area contributed by atoms with Crippen LogP contribution in [0.3, 0.4) is 0 Å². The van der Waals surface area contributed by atoms with Gasteiger partial charge in [-0.05, 0) is 28.7 Å². The van der Waals surface area contributed by atoms with Gasteiger partial charge in [0.1, 0.15) is 5.82 Å². The van der Waals surface area contributed by atoms with Crippen molar-refractivity contribution in [1.82, 2.24) is 15.0 Å². The Kier molecular flexibility index (Phi) is 5.28. The Morgan fingerprint density at radius 1 is 0.893 bits per heavy atom. The maximum atomic E-state index is 6.27. The van der Waals surface area contributed by atoms with Crippen molar-refractivity contribution in [1.29, 1.82) is 0 Å². The van der Waals surface area contributed by atoms with Crippen LogP contribution in [0, 0.1) is 0 Å². The van der Waals surface area contributed by atoms with Gasteiger partial charge in [0, 0.05) is 5.56 Å². The predicted octanol–water partition coefficient (Wildman–Crippen LogP) is 5.30. The highest BCUT2D eigenvalue weighted by molar-refractivity contribution is 7.16. The third-order valence-corrected chi connectivity index (χ3v) is 5.39. The van der Waals surface area contributed by atoms with Gasteiger partial charge in [0.2, 0.25) is 5.95 Å². The summed E-state index contributed by atoms with van der Waals surface area (Å²) in [7, 11) is 0. The molecule has 2 aromatic carbocycles. The maximum Gasteiger partial charge on any atom is 0.222 e. The maximum absolute atomic E-state index is 6.27. The second-order valence-electron chi connectivity index (χ2n) is 7.55. The van der Waals surface area contributed by atoms with E-state index in [-0.39, 0.29) is 23.8 Å². The molecule has 0 bridgehead atoms. The van der Waals surface area contributed by atoms with Crippen LogP contribution in [-0.2, 0) is 5.41 Å². The molecule has 0 radical (unpaired) electrons. The van der Waals surface area contributed by atoms with Crippen LogP contribution in [-0.4, -0.2) is 15.0 Å². The molecule has 0 spiro atoms. The third kappa shape index (κ3) is 3.66. The van der Waals surface area contributed by atoms with Gasteiger partial charge in [0.05, 0.1) is 27.0 Å². The van der Waals surface area contributed by atoms with E-state index in [0.717, 1.165) is 32.6 Å². The average Bonchev–Trinajstić information content (AvgIpc) is 3.08. The SMILES string of the molecule is CC(C)(C)c1ccc(-c2nc(N)nc(N)c2-c2ccc3ncsc3c2)cc1.Cl. The van der Waals surface area contributed by atoms with E-state index < -0.39 is 0 Å². The molecule has 4 aromatic rings. The Balaban J connectivity index is 0.00000225. The van der Waals surface area contributed by atoms with Gasteiger partial charge in [-0.15, -0.1) is 23.7 Å². The number of benzene rings is 2. The molecule has 2 heterocycles. The van der Waals surface area contributed by atoms with Crippen LogP contribution in [0.5, 0.6) is 0 Å². The zero-order chi connectivity index (χ0) is 19.2. The molecule has 5 nitrogen and oxygen atoms in total. The number of nitrogens with zero attached hydrogens (tertiary/aromatic N) is 3. The average molecular weight is 412 g/mol. The molecule has 0 amide bonds. The molecule has 0 saturated carbocycles. The number of anilines is 2. The van der Waals surface area contributed by atoms with E-state index in [1.807, 2.05) is 17.6 Å². The van der Waals surface area contributed by atoms with Crippen molar-refractivity contribution in [2.75, 3.05) is 11.5 Å². The zero-order valence-corrected chi connectivity index (χ0v) is 17.6. The highest BCUT2D eigenvalue weighted by Gasteiger charge is 2.18. The predicted molar refractivity (Wildman–Crippen MR) is 121 cm³/mol. The standard InChI is InChI=1S/C21H21N5S.ClH/c1-21(2,3)14-7-4-12(5-8-14)18-17(19(22)26-20(23)25-18)13-6-9-15-16(10-13)27-11-24-15;/h4-11H,1-3H3,(H4,22,23,25,26);1H. The number of rotatable bonds is 2. The molecule has 0 aliphatic carbocycles. The first-order valence-electron chi connectivity index (χ1n) is 8.70. The molecule has 4 rings (SSSR count). The van der Waals surface area contributed by atoms with E-state index in [2.05, 4.69) is 66.1 Å².